The molecule has 0 bridgehead atoms. The summed E-state index contributed by atoms with van der Waals surface area (Å²) in [6, 6.07) is 9.68. The van der Waals surface area contributed by atoms with E-state index in [-0.39, 0.29) is 11.3 Å². The van der Waals surface area contributed by atoms with Gasteiger partial charge in [-0.05, 0) is 46.3 Å². The summed E-state index contributed by atoms with van der Waals surface area (Å²) in [6.45, 7) is 0. The monoisotopic (exact) mass is 410 g/mol. The fourth-order valence-corrected chi connectivity index (χ4v) is 2.64. The van der Waals surface area contributed by atoms with Gasteiger partial charge in [0.15, 0.2) is 0 Å². The number of carbonyl (C=O) groups is 1. The normalized spacial score (nSPS) is 11.4. The first-order chi connectivity index (χ1) is 11.9. The van der Waals surface area contributed by atoms with Crippen LogP contribution in [-0.4, -0.2) is 20.7 Å². The zero-order valence-corrected chi connectivity index (χ0v) is 14.0. The predicted octanol–water partition coefficient (Wildman–Crippen LogP) is 4.30. The molecule has 0 radical (unpaired) electrons. The van der Waals surface area contributed by atoms with Crippen LogP contribution in [0.4, 0.5) is 18.9 Å². The van der Waals surface area contributed by atoms with E-state index in [0.717, 1.165) is 6.07 Å². The van der Waals surface area contributed by atoms with Crippen LogP contribution in [0, 0.1) is 0 Å². The second-order valence-corrected chi connectivity index (χ2v) is 5.89. The van der Waals surface area contributed by atoms with E-state index in [4.69, 9.17) is 0 Å². The van der Waals surface area contributed by atoms with E-state index in [9.17, 15) is 18.0 Å². The molecule has 0 saturated carbocycles. The van der Waals surface area contributed by atoms with Crippen molar-refractivity contribution in [3.8, 4) is 5.69 Å². The maximum absolute atomic E-state index is 13.1. The van der Waals surface area contributed by atoms with Crippen molar-refractivity contribution >= 4 is 27.5 Å². The molecule has 25 heavy (non-hydrogen) atoms. The maximum Gasteiger partial charge on any atom is 0.418 e. The van der Waals surface area contributed by atoms with Crippen molar-refractivity contribution in [3.05, 3.63) is 70.7 Å². The Morgan fingerprint density at radius 2 is 1.76 bits per heavy atom. The van der Waals surface area contributed by atoms with Crippen molar-refractivity contribution in [2.45, 2.75) is 6.18 Å². The summed E-state index contributed by atoms with van der Waals surface area (Å²) in [5.41, 5.74) is -0.429. The molecule has 2 aromatic carbocycles. The average molecular weight is 411 g/mol. The van der Waals surface area contributed by atoms with Crippen molar-refractivity contribution < 1.29 is 18.0 Å². The van der Waals surface area contributed by atoms with Crippen LogP contribution < -0.4 is 5.32 Å². The minimum absolute atomic E-state index is 0.183. The summed E-state index contributed by atoms with van der Waals surface area (Å²) in [5, 5.41) is 9.67. The fraction of sp³-hybridized carbons (Fsp3) is 0.0625. The van der Waals surface area contributed by atoms with Crippen molar-refractivity contribution in [2.24, 2.45) is 0 Å². The molecular weight excluding hydrogens is 401 g/mol. The van der Waals surface area contributed by atoms with Crippen LogP contribution in [0.15, 0.2) is 59.6 Å². The van der Waals surface area contributed by atoms with Crippen molar-refractivity contribution in [1.82, 2.24) is 14.8 Å². The lowest BCUT2D eigenvalue weighted by Crippen LogP contribution is -2.17. The highest BCUT2D eigenvalue weighted by Gasteiger charge is 2.33. The third-order valence-corrected chi connectivity index (χ3v) is 4.08. The Morgan fingerprint density at radius 3 is 2.44 bits per heavy atom. The quantitative estimate of drug-likeness (QED) is 0.699. The third-order valence-electron chi connectivity index (χ3n) is 3.39. The molecule has 5 nitrogen and oxygen atoms in total. The molecule has 1 amide bonds. The molecular formula is C16H10BrF3N4O. The predicted molar refractivity (Wildman–Crippen MR) is 88.5 cm³/mol. The van der Waals surface area contributed by atoms with Crippen molar-refractivity contribution in [3.63, 3.8) is 0 Å². The number of anilines is 1. The average Bonchev–Trinajstić information content (AvgIpc) is 3.09. The summed E-state index contributed by atoms with van der Waals surface area (Å²) in [7, 11) is 0. The summed E-state index contributed by atoms with van der Waals surface area (Å²) < 4.78 is 41.2. The Balaban J connectivity index is 1.94. The van der Waals surface area contributed by atoms with Crippen LogP contribution in [-0.2, 0) is 6.18 Å². The maximum atomic E-state index is 13.1. The zero-order chi connectivity index (χ0) is 18.0. The number of para-hydroxylation sites is 1. The Hall–Kier alpha value is -2.68. The Labute approximate surface area is 148 Å². The number of hydrogen-bond donors (Lipinski definition) is 1. The van der Waals surface area contributed by atoms with Gasteiger partial charge in [-0.25, -0.2) is 0 Å². The molecule has 0 fully saturated rings. The summed E-state index contributed by atoms with van der Waals surface area (Å²) in [6.07, 6.45) is -1.67. The Morgan fingerprint density at radius 1 is 1.08 bits per heavy atom. The molecule has 1 heterocycles. The number of nitrogens with zero attached hydrogens (tertiary/aromatic N) is 3. The van der Waals surface area contributed by atoms with Gasteiger partial charge in [0, 0.05) is 10.2 Å². The molecule has 0 unspecified atom stereocenters. The lowest BCUT2D eigenvalue weighted by Gasteiger charge is -2.14. The van der Waals surface area contributed by atoms with E-state index in [0.29, 0.717) is 10.2 Å². The molecule has 0 aliphatic carbocycles. The van der Waals surface area contributed by atoms with Crippen LogP contribution in [0.3, 0.4) is 0 Å². The first-order valence-corrected chi connectivity index (χ1v) is 7.77. The minimum Gasteiger partial charge on any atom is -0.321 e. The topological polar surface area (TPSA) is 59.8 Å². The van der Waals surface area contributed by atoms with Gasteiger partial charge in [-0.1, -0.05) is 12.1 Å². The number of aromatic nitrogens is 3. The first kappa shape index (κ1) is 17.2. The lowest BCUT2D eigenvalue weighted by atomic mass is 10.1. The largest absolute Gasteiger partial charge is 0.418 e. The van der Waals surface area contributed by atoms with Crippen LogP contribution >= 0.6 is 15.9 Å². The summed E-state index contributed by atoms with van der Waals surface area (Å²) >= 11 is 3.24. The minimum atomic E-state index is -4.56. The number of benzene rings is 2. The Kier molecular flexibility index (Phi) is 4.58. The molecule has 128 valence electrons. The molecule has 1 N–H and O–H groups in total. The van der Waals surface area contributed by atoms with Gasteiger partial charge in [-0.2, -0.15) is 13.2 Å². The van der Waals surface area contributed by atoms with Gasteiger partial charge in [-0.3, -0.25) is 9.36 Å². The third kappa shape index (κ3) is 3.71. The van der Waals surface area contributed by atoms with Crippen molar-refractivity contribution in [2.75, 3.05) is 5.32 Å². The van der Waals surface area contributed by atoms with E-state index >= 15 is 0 Å². The van der Waals surface area contributed by atoms with Gasteiger partial charge in [-0.15, -0.1) is 10.2 Å². The van der Waals surface area contributed by atoms with Gasteiger partial charge < -0.3 is 5.32 Å². The SMILES string of the molecule is O=C(Nc1ccccc1C(F)(F)F)c1cc(-n2cnnc2)ccc1Br. The number of carbonyl (C=O) groups excluding carboxylic acids is 1. The molecule has 0 spiro atoms. The zero-order valence-electron chi connectivity index (χ0n) is 12.5. The number of hydrogen-bond acceptors (Lipinski definition) is 3. The molecule has 0 aliphatic heterocycles. The number of amides is 1. The highest BCUT2D eigenvalue weighted by Crippen LogP contribution is 2.35. The van der Waals surface area contributed by atoms with Gasteiger partial charge >= 0.3 is 6.18 Å². The highest BCUT2D eigenvalue weighted by molar-refractivity contribution is 9.10. The number of alkyl halides is 3. The molecule has 9 heteroatoms. The highest BCUT2D eigenvalue weighted by atomic mass is 79.9. The number of rotatable bonds is 3. The smallest absolute Gasteiger partial charge is 0.321 e. The van der Waals surface area contributed by atoms with Gasteiger partial charge in [0.25, 0.3) is 5.91 Å². The molecule has 0 atom stereocenters. The molecule has 0 saturated heterocycles. The summed E-state index contributed by atoms with van der Waals surface area (Å²) in [5.74, 6) is -0.668. The second kappa shape index (κ2) is 6.67. The van der Waals surface area contributed by atoms with Crippen LogP contribution in [0.2, 0.25) is 0 Å². The number of halogens is 4. The van der Waals surface area contributed by atoms with Gasteiger partial charge in [0.1, 0.15) is 12.7 Å². The number of nitrogens with one attached hydrogen (secondary N) is 1. The molecule has 1 aromatic heterocycles. The molecule has 3 aromatic rings. The van der Waals surface area contributed by atoms with E-state index in [1.165, 1.54) is 36.9 Å². The van der Waals surface area contributed by atoms with Crippen LogP contribution in [0.25, 0.3) is 5.69 Å². The van der Waals surface area contributed by atoms with Gasteiger partial charge in [0.2, 0.25) is 0 Å². The van der Waals surface area contributed by atoms with E-state index < -0.39 is 17.6 Å². The van der Waals surface area contributed by atoms with Crippen molar-refractivity contribution in [1.29, 1.82) is 0 Å². The van der Waals surface area contributed by atoms with Crippen LogP contribution in [0.1, 0.15) is 15.9 Å². The first-order valence-electron chi connectivity index (χ1n) is 6.98. The Bertz CT molecular complexity index is 910. The lowest BCUT2D eigenvalue weighted by molar-refractivity contribution is -0.136. The van der Waals surface area contributed by atoms with E-state index in [1.54, 1.807) is 16.7 Å². The second-order valence-electron chi connectivity index (χ2n) is 5.03. The molecule has 0 aliphatic rings. The van der Waals surface area contributed by atoms with Gasteiger partial charge in [0.05, 0.1) is 16.8 Å². The molecule has 3 rings (SSSR count). The van der Waals surface area contributed by atoms with E-state index in [2.05, 4.69) is 31.4 Å². The fourth-order valence-electron chi connectivity index (χ4n) is 2.21. The van der Waals surface area contributed by atoms with Crippen LogP contribution in [0.5, 0.6) is 0 Å². The van der Waals surface area contributed by atoms with E-state index in [1.807, 2.05) is 0 Å². The standard InChI is InChI=1S/C16H10BrF3N4O/c17-13-6-5-10(24-8-21-22-9-24)7-11(13)15(25)23-14-4-2-1-3-12(14)16(18,19)20/h1-9H,(H,23,25). The summed E-state index contributed by atoms with van der Waals surface area (Å²) in [4.78, 5) is 12.5.